The topological polar surface area (TPSA) is 90.7 Å². The smallest absolute Gasteiger partial charge is 0.355 e. The minimum atomic E-state index is -2.15. The molecule has 3 atom stereocenters. The van der Waals surface area contributed by atoms with Crippen LogP contribution in [0.4, 0.5) is 0 Å². The number of ketones is 1. The molecule has 10 heteroatoms. The van der Waals surface area contributed by atoms with Gasteiger partial charge in [-0.05, 0) is 81.6 Å². The number of Topliss-reactive ketones (excluding diaryl/α,β-unsaturated/α-hetero) is 1. The van der Waals surface area contributed by atoms with Crippen LogP contribution in [0.2, 0.25) is 13.1 Å². The van der Waals surface area contributed by atoms with Crippen LogP contribution in [0.15, 0.2) is 18.7 Å². The van der Waals surface area contributed by atoms with Crippen molar-refractivity contribution < 1.29 is 23.5 Å². The number of nitrogens with zero attached hydrogens (tertiary/aromatic N) is 3. The SMILES string of the molecule is C=CCOC(=O)C(N1C(=O)[C@@H]([C@@H](CO[SiH](C)C)C(C)(C)C)[C@H]1CC(=O)c1cc(CC)n(CC)n1)=P(CCCC)(CCCC)CCCC. The molecule has 1 aliphatic rings. The number of unbranched alkanes of at least 4 members (excludes halogenated alkanes) is 3. The number of hydrogen-bond donors (Lipinski definition) is 0. The molecule has 8 nitrogen and oxygen atoms in total. The minimum absolute atomic E-state index is 0.0653. The monoisotopic (exact) mass is 691 g/mol. The van der Waals surface area contributed by atoms with Gasteiger partial charge in [0.25, 0.3) is 0 Å². The lowest BCUT2D eigenvalue weighted by Gasteiger charge is -2.54. The van der Waals surface area contributed by atoms with Crippen molar-refractivity contribution in [3.05, 3.63) is 30.1 Å². The van der Waals surface area contributed by atoms with Crippen molar-refractivity contribution in [3.8, 4) is 0 Å². The first-order valence-corrected chi connectivity index (χ1v) is 23.4. The van der Waals surface area contributed by atoms with E-state index >= 15 is 0 Å². The van der Waals surface area contributed by atoms with Gasteiger partial charge < -0.3 is 14.1 Å². The lowest BCUT2D eigenvalue weighted by Crippen LogP contribution is -2.69. The van der Waals surface area contributed by atoms with Crippen LogP contribution >= 0.6 is 6.89 Å². The van der Waals surface area contributed by atoms with Crippen molar-refractivity contribution in [2.75, 3.05) is 31.7 Å². The van der Waals surface area contributed by atoms with Gasteiger partial charge in [0.05, 0.1) is 12.0 Å². The molecule has 0 aromatic carbocycles. The summed E-state index contributed by atoms with van der Waals surface area (Å²) in [6.45, 7) is 24.2. The first-order chi connectivity index (χ1) is 22.3. The van der Waals surface area contributed by atoms with Gasteiger partial charge in [0.2, 0.25) is 5.91 Å². The molecule has 1 aromatic rings. The average molecular weight is 692 g/mol. The highest BCUT2D eigenvalue weighted by Gasteiger charge is 2.57. The number of ether oxygens (including phenoxy) is 1. The maximum atomic E-state index is 14.8. The van der Waals surface area contributed by atoms with Gasteiger partial charge in [0, 0.05) is 25.3 Å². The summed E-state index contributed by atoms with van der Waals surface area (Å²) in [5.74, 6) is -1.13. The molecule has 1 fully saturated rings. The molecule has 0 N–H and O–H groups in total. The third-order valence-corrected chi connectivity index (χ3v) is 15.3. The van der Waals surface area contributed by atoms with Crippen LogP contribution in [0.1, 0.15) is 117 Å². The summed E-state index contributed by atoms with van der Waals surface area (Å²) in [6, 6.07) is 1.42. The summed E-state index contributed by atoms with van der Waals surface area (Å²) < 4.78 is 14.0. The van der Waals surface area contributed by atoms with Crippen molar-refractivity contribution >= 4 is 39.0 Å². The molecular formula is C37H66N3O5PSi. The summed E-state index contributed by atoms with van der Waals surface area (Å²) in [5, 5.41) is 4.67. The fourth-order valence-corrected chi connectivity index (χ4v) is 12.7. The first kappa shape index (κ1) is 41.2. The van der Waals surface area contributed by atoms with E-state index < -0.39 is 33.9 Å². The maximum Gasteiger partial charge on any atom is 0.355 e. The lowest BCUT2D eigenvalue weighted by molar-refractivity contribution is -0.158. The van der Waals surface area contributed by atoms with Crippen LogP contribution in [-0.2, 0) is 31.7 Å². The molecule has 0 unspecified atom stereocenters. The molecule has 1 aliphatic heterocycles. The minimum Gasteiger partial charge on any atom is -0.457 e. The second-order valence-electron chi connectivity index (χ2n) is 14.6. The first-order valence-electron chi connectivity index (χ1n) is 18.3. The van der Waals surface area contributed by atoms with Crippen LogP contribution in [0.3, 0.4) is 0 Å². The number of rotatable bonds is 22. The highest BCUT2D eigenvalue weighted by molar-refractivity contribution is 7.77. The number of esters is 1. The quantitative estimate of drug-likeness (QED) is 0.0308. The Hall–Kier alpha value is -1.96. The normalized spacial score (nSPS) is 17.5. The fourth-order valence-electron chi connectivity index (χ4n) is 6.88. The zero-order valence-electron chi connectivity index (χ0n) is 31.4. The van der Waals surface area contributed by atoms with Crippen molar-refractivity contribution in [3.63, 3.8) is 0 Å². The molecule has 47 heavy (non-hydrogen) atoms. The average Bonchev–Trinajstić information content (AvgIpc) is 3.47. The Morgan fingerprint density at radius 2 is 1.62 bits per heavy atom. The van der Waals surface area contributed by atoms with E-state index in [2.05, 4.69) is 73.2 Å². The zero-order valence-corrected chi connectivity index (χ0v) is 33.4. The summed E-state index contributed by atoms with van der Waals surface area (Å²) in [4.78, 5) is 45.0. The van der Waals surface area contributed by atoms with Gasteiger partial charge in [-0.25, -0.2) is 4.79 Å². The van der Waals surface area contributed by atoms with Crippen molar-refractivity contribution in [2.24, 2.45) is 17.3 Å². The molecule has 0 aliphatic carbocycles. The highest BCUT2D eigenvalue weighted by Crippen LogP contribution is 2.55. The number of carbonyl (C=O) groups excluding carboxylic acids is 3. The van der Waals surface area contributed by atoms with E-state index in [1.54, 1.807) is 11.0 Å². The maximum absolute atomic E-state index is 14.8. The standard InChI is InChI=1S/C37H66N3O5PSi/c1-12-18-22-46(23-19-13-2,24-20-14-3)35(36(43)44-21-15-4)40-31(26-32(41)30-25-28(16-5)39(17-6)38-30)33(34(40)42)29(37(7,8)9)27-45-47(10)11/h15,25,29,31,33,47H,4,12-14,16-24,26-27H2,1-3,5-11H3/t29-,31-,33+/m1/s1. The van der Waals surface area contributed by atoms with Crippen molar-refractivity contribution in [2.45, 2.75) is 132 Å². The second-order valence-corrected chi connectivity index (χ2v) is 21.0. The molecule has 2 heterocycles. The van der Waals surface area contributed by atoms with E-state index in [0.29, 0.717) is 24.3 Å². The Labute approximate surface area is 288 Å². The van der Waals surface area contributed by atoms with Crippen LogP contribution in [0.25, 0.3) is 0 Å². The molecule has 0 radical (unpaired) electrons. The van der Waals surface area contributed by atoms with Gasteiger partial charge in [0.1, 0.15) is 17.7 Å². The number of carbonyl (C=O) groups is 3. The van der Waals surface area contributed by atoms with Crippen LogP contribution in [0.5, 0.6) is 0 Å². The number of hydrogen-bond acceptors (Lipinski definition) is 6. The van der Waals surface area contributed by atoms with Crippen molar-refractivity contribution in [1.82, 2.24) is 14.7 Å². The molecule has 1 saturated heterocycles. The molecule has 1 aromatic heterocycles. The predicted molar refractivity (Wildman–Crippen MR) is 201 cm³/mol. The zero-order chi connectivity index (χ0) is 35.4. The predicted octanol–water partition coefficient (Wildman–Crippen LogP) is 7.80. The highest BCUT2D eigenvalue weighted by atomic mass is 31.2. The number of likely N-dealkylation sites (tertiary alicyclic amines) is 1. The largest absolute Gasteiger partial charge is 0.457 e. The van der Waals surface area contributed by atoms with Gasteiger partial charge in [0.15, 0.2) is 14.8 Å². The Morgan fingerprint density at radius 1 is 1.04 bits per heavy atom. The van der Waals surface area contributed by atoms with E-state index in [9.17, 15) is 14.4 Å². The summed E-state index contributed by atoms with van der Waals surface area (Å²) >= 11 is 0. The number of aryl methyl sites for hydroxylation is 2. The van der Waals surface area contributed by atoms with Gasteiger partial charge in [-0.1, -0.05) is 87.3 Å². The van der Waals surface area contributed by atoms with Crippen LogP contribution in [0, 0.1) is 17.3 Å². The van der Waals surface area contributed by atoms with E-state index in [1.807, 2.05) is 17.7 Å². The number of aromatic nitrogens is 2. The van der Waals surface area contributed by atoms with E-state index in [4.69, 9.17) is 9.16 Å². The molecule has 0 spiro atoms. The van der Waals surface area contributed by atoms with Crippen LogP contribution in [-0.4, -0.2) is 84.5 Å². The molecule has 2 rings (SSSR count). The van der Waals surface area contributed by atoms with Gasteiger partial charge in [-0.2, -0.15) is 5.10 Å². The Balaban J connectivity index is 2.88. The molecule has 0 bridgehead atoms. The third-order valence-electron chi connectivity index (χ3n) is 9.64. The Kier molecular flexibility index (Phi) is 16.9. The summed E-state index contributed by atoms with van der Waals surface area (Å²) in [5.41, 5.74) is 1.76. The Bertz CT molecular complexity index is 1200. The molecular weight excluding hydrogens is 625 g/mol. The summed E-state index contributed by atoms with van der Waals surface area (Å²) in [7, 11) is -1.38. The van der Waals surface area contributed by atoms with E-state index in [1.165, 1.54) is 0 Å². The van der Waals surface area contributed by atoms with E-state index in [0.717, 1.165) is 69.1 Å². The third kappa shape index (κ3) is 10.5. The Morgan fingerprint density at radius 3 is 2.04 bits per heavy atom. The number of β-lactam (4-membered cyclic amide) rings is 1. The van der Waals surface area contributed by atoms with Crippen molar-refractivity contribution in [1.29, 1.82) is 0 Å². The van der Waals surface area contributed by atoms with Gasteiger partial charge in [-0.3, -0.25) is 14.3 Å². The van der Waals surface area contributed by atoms with Gasteiger partial charge in [-0.15, -0.1) is 0 Å². The fraction of sp³-hybridized carbons (Fsp3) is 0.757. The molecule has 1 amide bonds. The number of amides is 1. The lowest BCUT2D eigenvalue weighted by atomic mass is 9.65. The molecule has 268 valence electrons. The van der Waals surface area contributed by atoms with E-state index in [-0.39, 0.29) is 36.1 Å². The van der Waals surface area contributed by atoms with Gasteiger partial charge >= 0.3 is 5.97 Å². The summed E-state index contributed by atoms with van der Waals surface area (Å²) in [6.07, 6.45) is 11.2. The second kappa shape index (κ2) is 19.3. The molecule has 0 saturated carbocycles. The van der Waals surface area contributed by atoms with Crippen LogP contribution < -0.4 is 0 Å².